The van der Waals surface area contributed by atoms with Gasteiger partial charge in [0.25, 0.3) is 0 Å². The normalized spacial score (nSPS) is 51.5. The van der Waals surface area contributed by atoms with Crippen LogP contribution in [-0.4, -0.2) is 0 Å². The maximum Gasteiger partial charge on any atom is -0.00289 e. The van der Waals surface area contributed by atoms with Gasteiger partial charge in [-0.2, -0.15) is 0 Å². The van der Waals surface area contributed by atoms with Crippen LogP contribution < -0.4 is 0 Å². The predicted molar refractivity (Wildman–Crippen MR) is 64.7 cm³/mol. The summed E-state index contributed by atoms with van der Waals surface area (Å²) in [7, 11) is 0. The van der Waals surface area contributed by atoms with Gasteiger partial charge in [-0.1, -0.05) is 32.4 Å². The van der Waals surface area contributed by atoms with Crippen molar-refractivity contribution in [1.82, 2.24) is 0 Å². The Morgan fingerprint density at radius 3 is 2.53 bits per heavy atom. The Kier molecular flexibility index (Phi) is 1.67. The molecule has 2 saturated carbocycles. The fourth-order valence-electron chi connectivity index (χ4n) is 5.76. The van der Waals surface area contributed by atoms with E-state index in [1.807, 2.05) is 0 Å². The lowest BCUT2D eigenvalue weighted by Crippen LogP contribution is -2.36. The van der Waals surface area contributed by atoms with Crippen molar-refractivity contribution in [3.63, 3.8) is 0 Å². The fraction of sp³-hybridized carbons (Fsp3) is 0.867. The Balaban J connectivity index is 2.17. The Morgan fingerprint density at radius 2 is 1.93 bits per heavy atom. The monoisotopic (exact) mass is 204 g/mol. The van der Waals surface area contributed by atoms with E-state index in [4.69, 9.17) is 0 Å². The Hall–Kier alpha value is -0.260. The van der Waals surface area contributed by atoms with E-state index in [0.29, 0.717) is 16.2 Å². The highest BCUT2D eigenvalue weighted by Gasteiger charge is 2.68. The first-order valence-corrected chi connectivity index (χ1v) is 6.60. The van der Waals surface area contributed by atoms with Gasteiger partial charge in [-0.15, -0.1) is 0 Å². The molecule has 0 aromatic rings. The summed E-state index contributed by atoms with van der Waals surface area (Å²) in [5, 5.41) is 0. The van der Waals surface area contributed by atoms with Gasteiger partial charge in [0.1, 0.15) is 0 Å². The molecule has 0 aromatic carbocycles. The third kappa shape index (κ3) is 0.905. The van der Waals surface area contributed by atoms with Crippen LogP contribution in [-0.2, 0) is 0 Å². The molecule has 2 bridgehead atoms. The molecule has 0 nitrogen and oxygen atoms in total. The zero-order chi connectivity index (χ0) is 10.9. The average molecular weight is 204 g/mol. The van der Waals surface area contributed by atoms with Gasteiger partial charge in [0, 0.05) is 0 Å². The second kappa shape index (κ2) is 2.52. The molecule has 2 fully saturated rings. The van der Waals surface area contributed by atoms with E-state index < -0.39 is 0 Å². The van der Waals surface area contributed by atoms with Crippen molar-refractivity contribution in [2.75, 3.05) is 0 Å². The maximum absolute atomic E-state index is 2.59. The molecule has 15 heavy (non-hydrogen) atoms. The second-order valence-corrected chi connectivity index (χ2v) is 7.18. The molecule has 0 saturated heterocycles. The van der Waals surface area contributed by atoms with Gasteiger partial charge in [0.2, 0.25) is 0 Å². The number of rotatable bonds is 0. The van der Waals surface area contributed by atoms with E-state index in [1.54, 1.807) is 5.57 Å². The summed E-state index contributed by atoms with van der Waals surface area (Å²) in [6, 6.07) is 0. The molecule has 3 unspecified atom stereocenters. The molecule has 0 amide bonds. The first-order chi connectivity index (χ1) is 6.92. The maximum atomic E-state index is 2.59. The van der Waals surface area contributed by atoms with Crippen molar-refractivity contribution in [3.05, 3.63) is 11.6 Å². The number of hydrogen-bond donors (Lipinski definition) is 0. The molecule has 3 aliphatic rings. The minimum absolute atomic E-state index is 0.590. The van der Waals surface area contributed by atoms with Gasteiger partial charge in [-0.25, -0.2) is 0 Å². The highest BCUT2D eigenvalue weighted by Crippen LogP contribution is 2.76. The minimum atomic E-state index is 0.590. The van der Waals surface area contributed by atoms with E-state index in [9.17, 15) is 0 Å². The van der Waals surface area contributed by atoms with Crippen molar-refractivity contribution in [2.45, 2.75) is 59.8 Å². The highest BCUT2D eigenvalue weighted by atomic mass is 14.7. The molecular formula is C15H24. The number of allylic oxidation sites excluding steroid dienone is 2. The van der Waals surface area contributed by atoms with Gasteiger partial charge in [-0.3, -0.25) is 0 Å². The fourth-order valence-corrected chi connectivity index (χ4v) is 5.76. The molecule has 0 spiro atoms. The van der Waals surface area contributed by atoms with Gasteiger partial charge < -0.3 is 0 Å². The summed E-state index contributed by atoms with van der Waals surface area (Å²) < 4.78 is 0. The summed E-state index contributed by atoms with van der Waals surface area (Å²) in [4.78, 5) is 0. The predicted octanol–water partition coefficient (Wildman–Crippen LogP) is 4.56. The lowest BCUT2D eigenvalue weighted by Gasteiger charge is -2.45. The Bertz CT molecular complexity index is 336. The standard InChI is InChI=1S/C15H24/c1-11-6-5-8-14(4)12-7-9-15(11,14)10-13(12,2)3/h6,12H,5,7-10H2,1-4H3. The van der Waals surface area contributed by atoms with Crippen LogP contribution in [0.15, 0.2) is 11.6 Å². The smallest absolute Gasteiger partial charge is 0.00289 e. The Morgan fingerprint density at radius 1 is 1.20 bits per heavy atom. The molecule has 84 valence electrons. The lowest BCUT2D eigenvalue weighted by atomic mass is 9.59. The van der Waals surface area contributed by atoms with Crippen LogP contribution in [0.25, 0.3) is 0 Å². The molecule has 3 rings (SSSR count). The minimum Gasteiger partial charge on any atom is -0.0850 e. The van der Waals surface area contributed by atoms with Crippen LogP contribution in [0.4, 0.5) is 0 Å². The zero-order valence-corrected chi connectivity index (χ0v) is 10.7. The molecule has 0 radical (unpaired) electrons. The van der Waals surface area contributed by atoms with Crippen LogP contribution in [0.5, 0.6) is 0 Å². The lowest BCUT2D eigenvalue weighted by molar-refractivity contribution is 0.114. The third-order valence-corrected chi connectivity index (χ3v) is 6.29. The van der Waals surface area contributed by atoms with Gasteiger partial charge in [0.05, 0.1) is 0 Å². The molecule has 0 N–H and O–H groups in total. The number of hydrogen-bond acceptors (Lipinski definition) is 0. The van der Waals surface area contributed by atoms with E-state index in [0.717, 1.165) is 5.92 Å². The second-order valence-electron chi connectivity index (χ2n) is 7.18. The van der Waals surface area contributed by atoms with Crippen LogP contribution in [0.3, 0.4) is 0 Å². The van der Waals surface area contributed by atoms with Gasteiger partial charge in [0.15, 0.2) is 0 Å². The molecule has 0 heteroatoms. The van der Waals surface area contributed by atoms with Crippen molar-refractivity contribution >= 4 is 0 Å². The van der Waals surface area contributed by atoms with E-state index in [2.05, 4.69) is 33.8 Å². The molecule has 0 aliphatic heterocycles. The largest absolute Gasteiger partial charge is 0.0850 e. The van der Waals surface area contributed by atoms with E-state index >= 15 is 0 Å². The molecule has 0 heterocycles. The molecule has 0 aromatic heterocycles. The summed E-state index contributed by atoms with van der Waals surface area (Å²) >= 11 is 0. The van der Waals surface area contributed by atoms with Crippen LogP contribution in [0.2, 0.25) is 0 Å². The van der Waals surface area contributed by atoms with Crippen molar-refractivity contribution < 1.29 is 0 Å². The van der Waals surface area contributed by atoms with Crippen LogP contribution in [0.1, 0.15) is 59.8 Å². The summed E-state index contributed by atoms with van der Waals surface area (Å²) in [6.45, 7) is 10.0. The zero-order valence-electron chi connectivity index (χ0n) is 10.7. The van der Waals surface area contributed by atoms with Gasteiger partial charge >= 0.3 is 0 Å². The third-order valence-electron chi connectivity index (χ3n) is 6.29. The van der Waals surface area contributed by atoms with Crippen LogP contribution in [0, 0.1) is 22.2 Å². The van der Waals surface area contributed by atoms with E-state index in [-0.39, 0.29) is 0 Å². The topological polar surface area (TPSA) is 0 Å². The molecular weight excluding hydrogens is 180 g/mol. The molecule has 3 atom stereocenters. The quantitative estimate of drug-likeness (QED) is 0.507. The summed E-state index contributed by atoms with van der Waals surface area (Å²) in [5.41, 5.74) is 3.55. The van der Waals surface area contributed by atoms with Crippen LogP contribution >= 0.6 is 0 Å². The molecule has 3 aliphatic carbocycles. The Labute approximate surface area is 94.1 Å². The average Bonchev–Trinajstić information content (AvgIpc) is 2.50. The van der Waals surface area contributed by atoms with Gasteiger partial charge in [-0.05, 0) is 61.2 Å². The van der Waals surface area contributed by atoms with Crippen molar-refractivity contribution in [3.8, 4) is 0 Å². The SMILES string of the molecule is CC1=CCCC2(C)C3CCC12CC3(C)C. The first-order valence-electron chi connectivity index (χ1n) is 6.60. The van der Waals surface area contributed by atoms with E-state index in [1.165, 1.54) is 32.1 Å². The summed E-state index contributed by atoms with van der Waals surface area (Å²) in [6.07, 6.45) is 9.71. The first kappa shape index (κ1) is 9.93. The van der Waals surface area contributed by atoms with Crippen molar-refractivity contribution in [2.24, 2.45) is 22.2 Å². The summed E-state index contributed by atoms with van der Waals surface area (Å²) in [5.74, 6) is 0.980. The van der Waals surface area contributed by atoms with Crippen molar-refractivity contribution in [1.29, 1.82) is 0 Å². The highest BCUT2D eigenvalue weighted by molar-refractivity contribution is 5.31.